The number of hydrogen-bond acceptors (Lipinski definition) is 1. The van der Waals surface area contributed by atoms with Gasteiger partial charge in [0.25, 0.3) is 0 Å². The van der Waals surface area contributed by atoms with Gasteiger partial charge in [0, 0.05) is 5.54 Å². The molecule has 0 spiro atoms. The first-order valence-corrected chi connectivity index (χ1v) is 4.66. The molecule has 1 unspecified atom stereocenters. The van der Waals surface area contributed by atoms with Crippen LogP contribution >= 0.6 is 11.6 Å². The molecule has 0 bridgehead atoms. The average molecular weight is 176 g/mol. The maximum Gasteiger partial charge on any atom is 0.0596 e. The van der Waals surface area contributed by atoms with Crippen LogP contribution in [0.5, 0.6) is 0 Å². The van der Waals surface area contributed by atoms with Crippen molar-refractivity contribution in [1.82, 2.24) is 4.90 Å². The molecule has 1 atom stereocenters. The highest BCUT2D eigenvalue weighted by molar-refractivity contribution is 6.24. The maximum atomic E-state index is 6.42. The second-order valence-corrected chi connectivity index (χ2v) is 5.12. The van der Waals surface area contributed by atoms with Crippen LogP contribution in [0, 0.1) is 0 Å². The largest absolute Gasteiger partial charge is 0.299 e. The fourth-order valence-corrected chi connectivity index (χ4v) is 1.91. The van der Waals surface area contributed by atoms with E-state index in [1.165, 1.54) is 13.0 Å². The third-order valence-electron chi connectivity index (χ3n) is 3.37. The van der Waals surface area contributed by atoms with Gasteiger partial charge in [-0.2, -0.15) is 0 Å². The Morgan fingerprint density at radius 2 is 1.82 bits per heavy atom. The molecule has 1 heterocycles. The zero-order chi connectivity index (χ0) is 8.70. The first-order valence-electron chi connectivity index (χ1n) is 4.28. The van der Waals surface area contributed by atoms with Crippen molar-refractivity contribution >= 4 is 11.6 Å². The summed E-state index contributed by atoms with van der Waals surface area (Å²) in [4.78, 5) is 2.30. The van der Waals surface area contributed by atoms with Crippen molar-refractivity contribution in [2.75, 3.05) is 13.6 Å². The van der Waals surface area contributed by atoms with Crippen molar-refractivity contribution in [3.63, 3.8) is 0 Å². The minimum Gasteiger partial charge on any atom is -0.299 e. The molecule has 0 aromatic rings. The standard InChI is InChI=1S/C9H18ClN/c1-8(2)9(3,10)6-5-7-11(8)4/h5-7H2,1-4H3. The van der Waals surface area contributed by atoms with E-state index in [9.17, 15) is 0 Å². The van der Waals surface area contributed by atoms with E-state index >= 15 is 0 Å². The van der Waals surface area contributed by atoms with E-state index in [0.29, 0.717) is 0 Å². The lowest BCUT2D eigenvalue weighted by Gasteiger charge is -2.50. The van der Waals surface area contributed by atoms with Crippen LogP contribution in [-0.4, -0.2) is 28.9 Å². The van der Waals surface area contributed by atoms with Gasteiger partial charge in [0.2, 0.25) is 0 Å². The predicted octanol–water partition coefficient (Wildman–Crippen LogP) is 2.49. The first-order chi connectivity index (χ1) is 4.88. The van der Waals surface area contributed by atoms with E-state index in [2.05, 4.69) is 32.7 Å². The molecule has 1 aliphatic heterocycles. The summed E-state index contributed by atoms with van der Waals surface area (Å²) in [5.41, 5.74) is 0.132. The number of nitrogens with zero attached hydrogens (tertiary/aromatic N) is 1. The van der Waals surface area contributed by atoms with Crippen LogP contribution in [0.1, 0.15) is 33.6 Å². The average Bonchev–Trinajstić information content (AvgIpc) is 1.84. The summed E-state index contributed by atoms with van der Waals surface area (Å²) in [6.07, 6.45) is 2.35. The van der Waals surface area contributed by atoms with Crippen LogP contribution in [0.2, 0.25) is 0 Å². The van der Waals surface area contributed by atoms with E-state index in [-0.39, 0.29) is 10.4 Å². The number of rotatable bonds is 0. The van der Waals surface area contributed by atoms with Crippen LogP contribution in [0.15, 0.2) is 0 Å². The molecule has 1 fully saturated rings. The van der Waals surface area contributed by atoms with Crippen LogP contribution in [-0.2, 0) is 0 Å². The lowest BCUT2D eigenvalue weighted by Crippen LogP contribution is -2.58. The fraction of sp³-hybridized carbons (Fsp3) is 1.00. The lowest BCUT2D eigenvalue weighted by atomic mass is 9.80. The van der Waals surface area contributed by atoms with Crippen molar-refractivity contribution in [3.8, 4) is 0 Å². The Balaban J connectivity index is 2.82. The van der Waals surface area contributed by atoms with Gasteiger partial charge in [0.15, 0.2) is 0 Å². The predicted molar refractivity (Wildman–Crippen MR) is 50.2 cm³/mol. The molecule has 1 aliphatic rings. The molecule has 1 nitrogen and oxygen atoms in total. The Kier molecular flexibility index (Phi) is 2.24. The molecule has 0 aromatic heterocycles. The van der Waals surface area contributed by atoms with Crippen molar-refractivity contribution in [2.45, 2.75) is 44.0 Å². The van der Waals surface area contributed by atoms with Crippen LogP contribution in [0.4, 0.5) is 0 Å². The number of alkyl halides is 1. The monoisotopic (exact) mass is 175 g/mol. The SMILES string of the molecule is CN1CCCC(C)(Cl)C1(C)C. The van der Waals surface area contributed by atoms with Gasteiger partial charge >= 0.3 is 0 Å². The summed E-state index contributed by atoms with van der Waals surface area (Å²) in [6, 6.07) is 0. The second-order valence-electron chi connectivity index (χ2n) is 4.28. The number of piperidine rings is 1. The highest BCUT2D eigenvalue weighted by atomic mass is 35.5. The van der Waals surface area contributed by atoms with Crippen LogP contribution in [0.25, 0.3) is 0 Å². The van der Waals surface area contributed by atoms with Gasteiger partial charge < -0.3 is 0 Å². The molecule has 11 heavy (non-hydrogen) atoms. The third-order valence-corrected chi connectivity index (χ3v) is 4.02. The molecule has 1 rings (SSSR count). The number of hydrogen-bond donors (Lipinski definition) is 0. The van der Waals surface area contributed by atoms with Gasteiger partial charge in [-0.05, 0) is 47.2 Å². The molecule has 0 aromatic carbocycles. The summed E-state index contributed by atoms with van der Waals surface area (Å²) >= 11 is 6.42. The Bertz CT molecular complexity index is 152. The molecule has 0 aliphatic carbocycles. The van der Waals surface area contributed by atoms with Crippen LogP contribution < -0.4 is 0 Å². The van der Waals surface area contributed by atoms with Gasteiger partial charge in [-0.3, -0.25) is 4.90 Å². The van der Waals surface area contributed by atoms with Gasteiger partial charge in [-0.25, -0.2) is 0 Å². The second kappa shape index (κ2) is 2.63. The summed E-state index contributed by atoms with van der Waals surface area (Å²) in [7, 11) is 2.15. The highest BCUT2D eigenvalue weighted by Gasteiger charge is 2.44. The first kappa shape index (κ1) is 9.34. The Morgan fingerprint density at radius 3 is 2.18 bits per heavy atom. The van der Waals surface area contributed by atoms with Crippen molar-refractivity contribution in [2.24, 2.45) is 0 Å². The quantitative estimate of drug-likeness (QED) is 0.512. The van der Waals surface area contributed by atoms with E-state index < -0.39 is 0 Å². The van der Waals surface area contributed by atoms with Crippen molar-refractivity contribution in [1.29, 1.82) is 0 Å². The van der Waals surface area contributed by atoms with E-state index in [0.717, 1.165) is 6.42 Å². The summed E-state index contributed by atoms with van der Waals surface area (Å²) in [5.74, 6) is 0. The molecule has 0 amide bonds. The Hall–Kier alpha value is 0.250. The summed E-state index contributed by atoms with van der Waals surface area (Å²) < 4.78 is 0. The van der Waals surface area contributed by atoms with Gasteiger partial charge in [-0.1, -0.05) is 0 Å². The summed E-state index contributed by atoms with van der Waals surface area (Å²) in [6.45, 7) is 7.76. The minimum absolute atomic E-state index is 0.0556. The molecule has 0 radical (unpaired) electrons. The van der Waals surface area contributed by atoms with E-state index in [1.54, 1.807) is 0 Å². The van der Waals surface area contributed by atoms with Crippen molar-refractivity contribution in [3.05, 3.63) is 0 Å². The Morgan fingerprint density at radius 1 is 1.27 bits per heavy atom. The topological polar surface area (TPSA) is 3.24 Å². The zero-order valence-corrected chi connectivity index (χ0v) is 8.70. The Labute approximate surface area is 74.7 Å². The third kappa shape index (κ3) is 1.41. The smallest absolute Gasteiger partial charge is 0.0596 e. The normalized spacial score (nSPS) is 39.0. The maximum absolute atomic E-state index is 6.42. The van der Waals surface area contributed by atoms with Crippen LogP contribution in [0.3, 0.4) is 0 Å². The molecule has 2 heteroatoms. The fourth-order valence-electron chi connectivity index (χ4n) is 1.63. The van der Waals surface area contributed by atoms with E-state index in [4.69, 9.17) is 11.6 Å². The number of halogens is 1. The van der Waals surface area contributed by atoms with Gasteiger partial charge in [0.1, 0.15) is 0 Å². The number of likely N-dealkylation sites (tertiary alicyclic amines) is 1. The van der Waals surface area contributed by atoms with E-state index in [1.807, 2.05) is 0 Å². The lowest BCUT2D eigenvalue weighted by molar-refractivity contribution is 0.0708. The highest BCUT2D eigenvalue weighted by Crippen LogP contribution is 2.40. The molecular weight excluding hydrogens is 158 g/mol. The summed E-state index contributed by atoms with van der Waals surface area (Å²) in [5, 5.41) is 0. The molecule has 0 N–H and O–H groups in total. The molecule has 1 saturated heterocycles. The molecule has 66 valence electrons. The van der Waals surface area contributed by atoms with Crippen molar-refractivity contribution < 1.29 is 0 Å². The van der Waals surface area contributed by atoms with Gasteiger partial charge in [0.05, 0.1) is 4.87 Å². The minimum atomic E-state index is -0.0556. The zero-order valence-electron chi connectivity index (χ0n) is 7.95. The molecule has 0 saturated carbocycles. The van der Waals surface area contributed by atoms with Gasteiger partial charge in [-0.15, -0.1) is 11.6 Å². The molecular formula is C9H18ClN.